The van der Waals surface area contributed by atoms with Crippen LogP contribution in [0.1, 0.15) is 15.9 Å². The number of benzene rings is 2. The van der Waals surface area contributed by atoms with E-state index in [2.05, 4.69) is 15.9 Å². The molecule has 19 heavy (non-hydrogen) atoms. The van der Waals surface area contributed by atoms with E-state index in [-0.39, 0.29) is 23.7 Å². The molecule has 0 radical (unpaired) electrons. The van der Waals surface area contributed by atoms with Crippen molar-refractivity contribution in [2.75, 3.05) is 0 Å². The minimum absolute atomic E-state index is 0.000561. The van der Waals surface area contributed by atoms with Crippen LogP contribution in [-0.2, 0) is 11.3 Å². The van der Waals surface area contributed by atoms with E-state index < -0.39 is 5.97 Å². The molecule has 0 aliphatic heterocycles. The molecule has 2 rings (SSSR count). The Morgan fingerprint density at radius 1 is 1.11 bits per heavy atom. The number of rotatable bonds is 3. The Labute approximate surface area is 118 Å². The lowest BCUT2D eigenvalue weighted by Gasteiger charge is -2.07. The first-order valence-corrected chi connectivity index (χ1v) is 6.30. The van der Waals surface area contributed by atoms with E-state index >= 15 is 0 Å². The molecule has 2 N–H and O–H groups in total. The molecule has 2 aromatic rings. The van der Waals surface area contributed by atoms with Gasteiger partial charge in [0.1, 0.15) is 23.7 Å². The van der Waals surface area contributed by atoms with Gasteiger partial charge in [0.05, 0.1) is 4.47 Å². The SMILES string of the molecule is O=C(OCc1ccccc1)c1cc(Br)c(O)cc1O. The molecule has 4 nitrogen and oxygen atoms in total. The zero-order valence-electron chi connectivity index (χ0n) is 9.84. The maximum absolute atomic E-state index is 11.8. The smallest absolute Gasteiger partial charge is 0.342 e. The lowest BCUT2D eigenvalue weighted by atomic mass is 10.2. The van der Waals surface area contributed by atoms with Gasteiger partial charge in [-0.05, 0) is 27.6 Å². The predicted octanol–water partition coefficient (Wildman–Crippen LogP) is 3.22. The number of ether oxygens (including phenoxy) is 1. The Kier molecular flexibility index (Phi) is 4.06. The van der Waals surface area contributed by atoms with Gasteiger partial charge in [0.2, 0.25) is 0 Å². The molecule has 98 valence electrons. The van der Waals surface area contributed by atoms with Crippen molar-refractivity contribution in [3.8, 4) is 11.5 Å². The molecule has 0 spiro atoms. The van der Waals surface area contributed by atoms with Gasteiger partial charge in [-0.15, -0.1) is 0 Å². The fourth-order valence-electron chi connectivity index (χ4n) is 1.52. The predicted molar refractivity (Wildman–Crippen MR) is 73.0 cm³/mol. The molecule has 5 heteroatoms. The van der Waals surface area contributed by atoms with Crippen molar-refractivity contribution >= 4 is 21.9 Å². The average Bonchev–Trinajstić information content (AvgIpc) is 2.41. The molecule has 0 unspecified atom stereocenters. The van der Waals surface area contributed by atoms with Crippen LogP contribution < -0.4 is 0 Å². The number of halogens is 1. The minimum atomic E-state index is -0.651. The first-order chi connectivity index (χ1) is 9.08. The second-order valence-corrected chi connectivity index (χ2v) is 4.74. The quantitative estimate of drug-likeness (QED) is 0.851. The summed E-state index contributed by atoms with van der Waals surface area (Å²) in [6.07, 6.45) is 0. The van der Waals surface area contributed by atoms with Gasteiger partial charge in [0.25, 0.3) is 0 Å². The number of hydrogen-bond acceptors (Lipinski definition) is 4. The number of phenolic OH excluding ortho intramolecular Hbond substituents is 2. The summed E-state index contributed by atoms with van der Waals surface area (Å²) in [5, 5.41) is 19.0. The van der Waals surface area contributed by atoms with Crippen molar-refractivity contribution in [3.05, 3.63) is 58.1 Å². The number of carbonyl (C=O) groups is 1. The molecule has 2 aromatic carbocycles. The van der Waals surface area contributed by atoms with Gasteiger partial charge in [-0.3, -0.25) is 0 Å². The zero-order chi connectivity index (χ0) is 13.8. The van der Waals surface area contributed by atoms with E-state index in [0.29, 0.717) is 4.47 Å². The Hall–Kier alpha value is -2.01. The number of hydrogen-bond donors (Lipinski definition) is 2. The third-order valence-electron chi connectivity index (χ3n) is 2.50. The van der Waals surface area contributed by atoms with Crippen LogP contribution in [0.4, 0.5) is 0 Å². The highest BCUT2D eigenvalue weighted by atomic mass is 79.9. The van der Waals surface area contributed by atoms with Crippen LogP contribution in [0, 0.1) is 0 Å². The van der Waals surface area contributed by atoms with Gasteiger partial charge in [-0.2, -0.15) is 0 Å². The summed E-state index contributed by atoms with van der Waals surface area (Å²) in [6, 6.07) is 11.6. The first-order valence-electron chi connectivity index (χ1n) is 5.50. The molecule has 0 saturated heterocycles. The Balaban J connectivity index is 2.10. The number of carbonyl (C=O) groups excluding carboxylic acids is 1. The van der Waals surface area contributed by atoms with E-state index in [1.54, 1.807) is 0 Å². The maximum atomic E-state index is 11.8. The summed E-state index contributed by atoms with van der Waals surface area (Å²) in [5.74, 6) is -1.11. The summed E-state index contributed by atoms with van der Waals surface area (Å²) < 4.78 is 5.41. The van der Waals surface area contributed by atoms with Crippen LogP contribution in [0.15, 0.2) is 46.9 Å². The van der Waals surface area contributed by atoms with Gasteiger partial charge in [0.15, 0.2) is 0 Å². The largest absolute Gasteiger partial charge is 0.507 e. The maximum Gasteiger partial charge on any atom is 0.342 e. The molecule has 0 aliphatic rings. The molecular formula is C14H11BrO4. The standard InChI is InChI=1S/C14H11BrO4/c15-11-6-10(12(16)7-13(11)17)14(18)19-8-9-4-2-1-3-5-9/h1-7,16-17H,8H2. The van der Waals surface area contributed by atoms with Gasteiger partial charge in [0, 0.05) is 6.07 Å². The Morgan fingerprint density at radius 3 is 2.47 bits per heavy atom. The molecule has 0 saturated carbocycles. The van der Waals surface area contributed by atoms with E-state index in [1.165, 1.54) is 6.07 Å². The fraction of sp³-hybridized carbons (Fsp3) is 0.0714. The van der Waals surface area contributed by atoms with Gasteiger partial charge in [-0.25, -0.2) is 4.79 Å². The molecule has 0 aromatic heterocycles. The minimum Gasteiger partial charge on any atom is -0.507 e. The lowest BCUT2D eigenvalue weighted by molar-refractivity contribution is 0.0469. The molecule has 0 atom stereocenters. The van der Waals surface area contributed by atoms with Gasteiger partial charge in [-0.1, -0.05) is 30.3 Å². The van der Waals surface area contributed by atoms with Crippen molar-refractivity contribution in [2.24, 2.45) is 0 Å². The van der Waals surface area contributed by atoms with Crippen molar-refractivity contribution in [1.29, 1.82) is 0 Å². The van der Waals surface area contributed by atoms with E-state index in [0.717, 1.165) is 11.6 Å². The molecule has 0 bridgehead atoms. The number of aromatic hydroxyl groups is 2. The monoisotopic (exact) mass is 322 g/mol. The Morgan fingerprint density at radius 2 is 1.79 bits per heavy atom. The van der Waals surface area contributed by atoms with E-state index in [9.17, 15) is 15.0 Å². The number of esters is 1. The molecule has 0 aliphatic carbocycles. The number of phenols is 2. The summed E-state index contributed by atoms with van der Waals surface area (Å²) in [4.78, 5) is 11.8. The highest BCUT2D eigenvalue weighted by molar-refractivity contribution is 9.10. The molecule has 0 fully saturated rings. The average molecular weight is 323 g/mol. The third-order valence-corrected chi connectivity index (χ3v) is 3.13. The van der Waals surface area contributed by atoms with Crippen LogP contribution in [0.25, 0.3) is 0 Å². The highest BCUT2D eigenvalue weighted by Gasteiger charge is 2.15. The summed E-state index contributed by atoms with van der Waals surface area (Å²) in [5.41, 5.74) is 0.855. The summed E-state index contributed by atoms with van der Waals surface area (Å²) in [7, 11) is 0. The van der Waals surface area contributed by atoms with E-state index in [1.807, 2.05) is 30.3 Å². The van der Waals surface area contributed by atoms with Crippen LogP contribution >= 0.6 is 15.9 Å². The van der Waals surface area contributed by atoms with Crippen molar-refractivity contribution in [2.45, 2.75) is 6.61 Å². The van der Waals surface area contributed by atoms with E-state index in [4.69, 9.17) is 4.74 Å². The van der Waals surface area contributed by atoms with Crippen LogP contribution in [0.5, 0.6) is 11.5 Å². The highest BCUT2D eigenvalue weighted by Crippen LogP contribution is 2.31. The first kappa shape index (κ1) is 13.4. The summed E-state index contributed by atoms with van der Waals surface area (Å²) in [6.45, 7) is 0.123. The second-order valence-electron chi connectivity index (χ2n) is 3.88. The lowest BCUT2D eigenvalue weighted by Crippen LogP contribution is -2.05. The topological polar surface area (TPSA) is 66.8 Å². The van der Waals surface area contributed by atoms with Crippen LogP contribution in [0.3, 0.4) is 0 Å². The van der Waals surface area contributed by atoms with Crippen molar-refractivity contribution in [3.63, 3.8) is 0 Å². The van der Waals surface area contributed by atoms with Gasteiger partial charge < -0.3 is 14.9 Å². The molecule has 0 heterocycles. The van der Waals surface area contributed by atoms with Crippen molar-refractivity contribution in [1.82, 2.24) is 0 Å². The van der Waals surface area contributed by atoms with Crippen molar-refractivity contribution < 1.29 is 19.7 Å². The van der Waals surface area contributed by atoms with Crippen LogP contribution in [0.2, 0.25) is 0 Å². The third kappa shape index (κ3) is 3.26. The molecular weight excluding hydrogens is 312 g/mol. The second kappa shape index (κ2) is 5.75. The zero-order valence-corrected chi connectivity index (χ0v) is 11.4. The summed E-state index contributed by atoms with van der Waals surface area (Å²) >= 11 is 3.08. The molecule has 0 amide bonds. The fourth-order valence-corrected chi connectivity index (χ4v) is 1.86. The van der Waals surface area contributed by atoms with Crippen LogP contribution in [-0.4, -0.2) is 16.2 Å². The normalized spacial score (nSPS) is 10.2. The Bertz CT molecular complexity index is 596. The van der Waals surface area contributed by atoms with Gasteiger partial charge >= 0.3 is 5.97 Å².